The summed E-state index contributed by atoms with van der Waals surface area (Å²) in [6.07, 6.45) is 78.3. The van der Waals surface area contributed by atoms with Crippen LogP contribution in [0.1, 0.15) is 278 Å². The van der Waals surface area contributed by atoms with E-state index in [1.807, 2.05) is 0 Å². The number of ether oxygens (including phenoxy) is 3. The summed E-state index contributed by atoms with van der Waals surface area (Å²) in [5.74, 6) is -0.961. The Labute approximate surface area is 438 Å². The van der Waals surface area contributed by atoms with E-state index >= 15 is 0 Å². The molecular formula is C65H110O6. The number of unbranched alkanes of at least 4 members (excludes halogenated alkanes) is 26. The summed E-state index contributed by atoms with van der Waals surface area (Å²) < 4.78 is 16.8. The Morgan fingerprint density at radius 3 is 0.930 bits per heavy atom. The lowest BCUT2D eigenvalue weighted by molar-refractivity contribution is -0.167. The molecule has 71 heavy (non-hydrogen) atoms. The highest BCUT2D eigenvalue weighted by Crippen LogP contribution is 2.16. The van der Waals surface area contributed by atoms with Crippen molar-refractivity contribution in [1.29, 1.82) is 0 Å². The van der Waals surface area contributed by atoms with Crippen LogP contribution in [-0.2, 0) is 28.6 Å². The number of rotatable bonds is 53. The van der Waals surface area contributed by atoms with E-state index in [0.717, 1.165) is 96.3 Å². The third kappa shape index (κ3) is 57.1. The van der Waals surface area contributed by atoms with Gasteiger partial charge >= 0.3 is 17.9 Å². The van der Waals surface area contributed by atoms with E-state index in [1.54, 1.807) is 0 Å². The van der Waals surface area contributed by atoms with Gasteiger partial charge in [-0.2, -0.15) is 0 Å². The molecule has 0 saturated heterocycles. The molecule has 6 heteroatoms. The van der Waals surface area contributed by atoms with Gasteiger partial charge in [0.2, 0.25) is 0 Å². The maximum atomic E-state index is 12.9. The minimum Gasteiger partial charge on any atom is -0.462 e. The quantitative estimate of drug-likeness (QED) is 0.0261. The van der Waals surface area contributed by atoms with Crippen LogP contribution < -0.4 is 0 Å². The Kier molecular flexibility index (Phi) is 55.9. The van der Waals surface area contributed by atoms with Crippen LogP contribution in [0.25, 0.3) is 0 Å². The number of esters is 3. The molecule has 0 amide bonds. The highest BCUT2D eigenvalue weighted by molar-refractivity contribution is 5.71. The Morgan fingerprint density at radius 2 is 0.563 bits per heavy atom. The summed E-state index contributed by atoms with van der Waals surface area (Å²) in [6, 6.07) is 0. The molecule has 0 saturated carbocycles. The summed E-state index contributed by atoms with van der Waals surface area (Å²) in [5.41, 5.74) is 0. The van der Waals surface area contributed by atoms with Gasteiger partial charge in [-0.3, -0.25) is 14.4 Å². The lowest BCUT2D eigenvalue weighted by Crippen LogP contribution is -2.30. The van der Waals surface area contributed by atoms with Crippen molar-refractivity contribution in [3.05, 3.63) is 97.2 Å². The molecule has 0 heterocycles. The minimum absolute atomic E-state index is 0.0981. The van der Waals surface area contributed by atoms with E-state index in [4.69, 9.17) is 14.2 Å². The fourth-order valence-corrected chi connectivity index (χ4v) is 8.13. The van der Waals surface area contributed by atoms with Gasteiger partial charge in [0.1, 0.15) is 13.2 Å². The summed E-state index contributed by atoms with van der Waals surface area (Å²) >= 11 is 0. The number of carbonyl (C=O) groups excluding carboxylic acids is 3. The van der Waals surface area contributed by atoms with E-state index in [0.29, 0.717) is 19.3 Å². The lowest BCUT2D eigenvalue weighted by Gasteiger charge is -2.18. The van der Waals surface area contributed by atoms with Crippen LogP contribution >= 0.6 is 0 Å². The first-order chi connectivity index (χ1) is 35.0. The van der Waals surface area contributed by atoms with Crippen LogP contribution in [0.3, 0.4) is 0 Å². The Morgan fingerprint density at radius 1 is 0.296 bits per heavy atom. The van der Waals surface area contributed by atoms with Gasteiger partial charge in [0.25, 0.3) is 0 Å². The van der Waals surface area contributed by atoms with Gasteiger partial charge in [-0.15, -0.1) is 0 Å². The van der Waals surface area contributed by atoms with Crippen LogP contribution in [-0.4, -0.2) is 37.2 Å². The Balaban J connectivity index is 4.47. The molecule has 1 unspecified atom stereocenters. The third-order valence-corrected chi connectivity index (χ3v) is 12.6. The van der Waals surface area contributed by atoms with Gasteiger partial charge in [0, 0.05) is 19.3 Å². The number of carbonyl (C=O) groups is 3. The van der Waals surface area contributed by atoms with Crippen molar-refractivity contribution in [1.82, 2.24) is 0 Å². The molecule has 0 bridgehead atoms. The molecule has 0 N–H and O–H groups in total. The first-order valence-corrected chi connectivity index (χ1v) is 29.7. The molecule has 0 aromatic rings. The van der Waals surface area contributed by atoms with Crippen molar-refractivity contribution in [2.24, 2.45) is 0 Å². The fraction of sp³-hybridized carbons (Fsp3) is 0.708. The first kappa shape index (κ1) is 67.3. The summed E-state index contributed by atoms with van der Waals surface area (Å²) in [7, 11) is 0. The van der Waals surface area contributed by atoms with Crippen molar-refractivity contribution in [3.8, 4) is 0 Å². The SMILES string of the molecule is CC/C=C\C/C=C\C/C=C\C/C=C\C/C=C\C/C=C\C/C=C\CCCC(=O)OCC(COC(=O)CCCCCCC/C=C\CCCCCCC)OC(=O)CCCCCCCCCCCCCCCCCC. The topological polar surface area (TPSA) is 78.9 Å². The molecular weight excluding hydrogens is 877 g/mol. The van der Waals surface area contributed by atoms with Crippen LogP contribution in [0.4, 0.5) is 0 Å². The van der Waals surface area contributed by atoms with E-state index in [2.05, 4.69) is 118 Å². The molecule has 0 spiro atoms. The van der Waals surface area contributed by atoms with Gasteiger partial charge in [-0.1, -0.05) is 259 Å². The van der Waals surface area contributed by atoms with Crippen molar-refractivity contribution in [2.75, 3.05) is 13.2 Å². The second-order valence-electron chi connectivity index (χ2n) is 19.5. The van der Waals surface area contributed by atoms with Crippen molar-refractivity contribution in [2.45, 2.75) is 284 Å². The van der Waals surface area contributed by atoms with Crippen LogP contribution in [0, 0.1) is 0 Å². The molecule has 0 aliphatic carbocycles. The molecule has 0 aromatic carbocycles. The number of allylic oxidation sites excluding steroid dienone is 16. The van der Waals surface area contributed by atoms with Crippen LogP contribution in [0.5, 0.6) is 0 Å². The van der Waals surface area contributed by atoms with Crippen LogP contribution in [0.15, 0.2) is 97.2 Å². The molecule has 0 aliphatic rings. The highest BCUT2D eigenvalue weighted by atomic mass is 16.6. The van der Waals surface area contributed by atoms with Crippen molar-refractivity contribution >= 4 is 17.9 Å². The average Bonchev–Trinajstić information content (AvgIpc) is 3.37. The molecule has 0 fully saturated rings. The summed E-state index contributed by atoms with van der Waals surface area (Å²) in [4.78, 5) is 38.2. The summed E-state index contributed by atoms with van der Waals surface area (Å²) in [5, 5.41) is 0. The van der Waals surface area contributed by atoms with Crippen molar-refractivity contribution < 1.29 is 28.6 Å². The second kappa shape index (κ2) is 58.9. The smallest absolute Gasteiger partial charge is 0.306 e. The zero-order valence-corrected chi connectivity index (χ0v) is 46.5. The maximum Gasteiger partial charge on any atom is 0.306 e. The summed E-state index contributed by atoms with van der Waals surface area (Å²) in [6.45, 7) is 6.48. The van der Waals surface area contributed by atoms with Gasteiger partial charge in [0.05, 0.1) is 0 Å². The molecule has 0 aliphatic heterocycles. The predicted molar refractivity (Wildman–Crippen MR) is 307 cm³/mol. The third-order valence-electron chi connectivity index (χ3n) is 12.6. The lowest BCUT2D eigenvalue weighted by atomic mass is 10.0. The fourth-order valence-electron chi connectivity index (χ4n) is 8.13. The molecule has 0 rings (SSSR count). The van der Waals surface area contributed by atoms with E-state index in [9.17, 15) is 14.4 Å². The number of hydrogen-bond donors (Lipinski definition) is 0. The zero-order chi connectivity index (χ0) is 51.4. The molecule has 1 atom stereocenters. The van der Waals surface area contributed by atoms with E-state index in [1.165, 1.54) is 135 Å². The second-order valence-corrected chi connectivity index (χ2v) is 19.5. The minimum atomic E-state index is -0.804. The Bertz CT molecular complexity index is 1410. The Hall–Kier alpha value is -3.67. The largest absolute Gasteiger partial charge is 0.462 e. The van der Waals surface area contributed by atoms with Gasteiger partial charge in [-0.25, -0.2) is 0 Å². The monoisotopic (exact) mass is 987 g/mol. The molecule has 406 valence electrons. The maximum absolute atomic E-state index is 12.9. The molecule has 0 radical (unpaired) electrons. The average molecular weight is 988 g/mol. The van der Waals surface area contributed by atoms with Gasteiger partial charge in [0.15, 0.2) is 6.10 Å². The normalized spacial score (nSPS) is 12.8. The standard InChI is InChI=1S/C65H110O6/c1-4-7-10-13-16-19-22-25-28-30-31-32-33-34-35-36-38-40-43-46-49-52-55-58-64(67)70-61-62(60-69-63(66)57-54-51-48-45-42-39-27-24-21-18-15-12-9-6-3)71-65(68)59-56-53-50-47-44-41-37-29-26-23-20-17-14-11-8-5-2/h7,10,16,19,24-25,27-28,31-32,34-35,38,40,46,49,62H,4-6,8-9,11-15,17-18,20-23,26,29-30,33,36-37,39,41-45,47-48,50-61H2,1-3H3/b10-7-,19-16-,27-24-,28-25-,32-31-,35-34-,40-38-,49-46-. The molecule has 6 nitrogen and oxygen atoms in total. The number of hydrogen-bond acceptors (Lipinski definition) is 6. The van der Waals surface area contributed by atoms with Gasteiger partial charge in [-0.05, 0) is 96.3 Å². The van der Waals surface area contributed by atoms with Crippen LogP contribution in [0.2, 0.25) is 0 Å². The predicted octanol–water partition coefficient (Wildman–Crippen LogP) is 20.1. The van der Waals surface area contributed by atoms with E-state index in [-0.39, 0.29) is 37.5 Å². The highest BCUT2D eigenvalue weighted by Gasteiger charge is 2.19. The molecule has 0 aromatic heterocycles. The van der Waals surface area contributed by atoms with Gasteiger partial charge < -0.3 is 14.2 Å². The van der Waals surface area contributed by atoms with Crippen molar-refractivity contribution in [3.63, 3.8) is 0 Å². The zero-order valence-electron chi connectivity index (χ0n) is 46.5. The first-order valence-electron chi connectivity index (χ1n) is 29.7. The van der Waals surface area contributed by atoms with E-state index < -0.39 is 6.10 Å².